The van der Waals surface area contributed by atoms with Gasteiger partial charge in [-0.25, -0.2) is 4.79 Å². The van der Waals surface area contributed by atoms with Crippen molar-refractivity contribution in [3.05, 3.63) is 80.5 Å². The van der Waals surface area contributed by atoms with Crippen LogP contribution in [-0.4, -0.2) is 53.4 Å². The van der Waals surface area contributed by atoms with E-state index in [1.165, 1.54) is 23.7 Å². The minimum Gasteiger partial charge on any atom is -0.497 e. The number of halogens is 3. The van der Waals surface area contributed by atoms with Crippen LogP contribution in [0.2, 0.25) is 0 Å². The molecule has 0 fully saturated rings. The van der Waals surface area contributed by atoms with Gasteiger partial charge in [-0.15, -0.1) is 13.2 Å². The molecular weight excluding hydrogens is 547 g/mol. The van der Waals surface area contributed by atoms with E-state index in [-0.39, 0.29) is 50.3 Å². The van der Waals surface area contributed by atoms with Crippen LogP contribution in [0.4, 0.5) is 19.0 Å². The number of hydrogen-bond acceptors (Lipinski definition) is 8. The maximum atomic E-state index is 13.4. The molecule has 0 radical (unpaired) electrons. The van der Waals surface area contributed by atoms with E-state index in [2.05, 4.69) is 9.73 Å². The summed E-state index contributed by atoms with van der Waals surface area (Å²) in [6, 6.07) is 12.4. The summed E-state index contributed by atoms with van der Waals surface area (Å²) < 4.78 is 61.4. The third-order valence-corrected chi connectivity index (χ3v) is 6.49. The molecular formula is C28H30F3N3O7. The number of aliphatic imine (C=N–C) groups is 1. The SMILES string of the molecule is COc1cccc(CC2CCc3c(n(C)c(=O)n(CCOCCO)c3=O)N=C2Oc2cccc(OC(F)(F)F)c2)c1. The van der Waals surface area contributed by atoms with E-state index < -0.39 is 29.3 Å². The fourth-order valence-corrected chi connectivity index (χ4v) is 4.57. The van der Waals surface area contributed by atoms with E-state index in [1.807, 2.05) is 18.2 Å². The van der Waals surface area contributed by atoms with Crippen molar-refractivity contribution in [3.63, 3.8) is 0 Å². The van der Waals surface area contributed by atoms with Crippen LogP contribution in [0.3, 0.4) is 0 Å². The highest BCUT2D eigenvalue weighted by Crippen LogP contribution is 2.31. The van der Waals surface area contributed by atoms with Gasteiger partial charge >= 0.3 is 12.1 Å². The Labute approximate surface area is 233 Å². The molecule has 0 saturated heterocycles. The van der Waals surface area contributed by atoms with Crippen molar-refractivity contribution in [1.82, 2.24) is 9.13 Å². The van der Waals surface area contributed by atoms with Gasteiger partial charge in [-0.2, -0.15) is 4.99 Å². The third kappa shape index (κ3) is 7.55. The molecule has 1 aliphatic rings. The number of rotatable bonds is 10. The van der Waals surface area contributed by atoms with Crippen molar-refractivity contribution in [1.29, 1.82) is 0 Å². The molecule has 0 bridgehead atoms. The van der Waals surface area contributed by atoms with Crippen molar-refractivity contribution in [2.45, 2.75) is 32.2 Å². The normalized spacial score (nSPS) is 15.1. The Balaban J connectivity index is 1.75. The van der Waals surface area contributed by atoms with Crippen molar-refractivity contribution >= 4 is 11.7 Å². The summed E-state index contributed by atoms with van der Waals surface area (Å²) in [5.74, 6) is 0.0613. The van der Waals surface area contributed by atoms with Crippen LogP contribution in [0.25, 0.3) is 0 Å². The maximum Gasteiger partial charge on any atom is 0.573 e. The number of nitrogens with zero attached hydrogens (tertiary/aromatic N) is 3. The Kier molecular flexibility index (Phi) is 9.50. The molecule has 2 heterocycles. The molecule has 41 heavy (non-hydrogen) atoms. The fraction of sp³-hybridized carbons (Fsp3) is 0.393. The first-order valence-corrected chi connectivity index (χ1v) is 12.9. The average Bonchev–Trinajstić information content (AvgIpc) is 3.10. The van der Waals surface area contributed by atoms with Gasteiger partial charge in [0, 0.05) is 19.0 Å². The molecule has 0 amide bonds. The largest absolute Gasteiger partial charge is 0.573 e. The number of hydrogen-bond donors (Lipinski definition) is 1. The Morgan fingerprint density at radius 1 is 1.05 bits per heavy atom. The van der Waals surface area contributed by atoms with Crippen LogP contribution in [0.1, 0.15) is 17.5 Å². The van der Waals surface area contributed by atoms with Gasteiger partial charge in [-0.1, -0.05) is 18.2 Å². The monoisotopic (exact) mass is 577 g/mol. The summed E-state index contributed by atoms with van der Waals surface area (Å²) in [7, 11) is 3.03. The second kappa shape index (κ2) is 13.0. The number of benzene rings is 2. The van der Waals surface area contributed by atoms with Crippen LogP contribution in [0.15, 0.2) is 63.1 Å². The fourth-order valence-electron chi connectivity index (χ4n) is 4.57. The molecule has 0 saturated carbocycles. The zero-order chi connectivity index (χ0) is 29.6. The lowest BCUT2D eigenvalue weighted by molar-refractivity contribution is -0.274. The van der Waals surface area contributed by atoms with Crippen LogP contribution in [0.5, 0.6) is 17.2 Å². The first-order chi connectivity index (χ1) is 19.6. The predicted molar refractivity (Wildman–Crippen MR) is 143 cm³/mol. The molecule has 1 aliphatic heterocycles. The molecule has 13 heteroatoms. The van der Waals surface area contributed by atoms with E-state index in [1.54, 1.807) is 13.2 Å². The van der Waals surface area contributed by atoms with Gasteiger partial charge in [0.2, 0.25) is 0 Å². The number of ether oxygens (including phenoxy) is 4. The van der Waals surface area contributed by atoms with E-state index in [0.29, 0.717) is 24.2 Å². The highest BCUT2D eigenvalue weighted by Gasteiger charge is 2.32. The number of methoxy groups -OCH3 is 1. The minimum atomic E-state index is -4.88. The summed E-state index contributed by atoms with van der Waals surface area (Å²) in [5.41, 5.74) is 0.0634. The van der Waals surface area contributed by atoms with Crippen molar-refractivity contribution < 1.29 is 37.2 Å². The van der Waals surface area contributed by atoms with Crippen molar-refractivity contribution in [3.8, 4) is 17.2 Å². The predicted octanol–water partition coefficient (Wildman–Crippen LogP) is 3.38. The number of aliphatic hydroxyl groups is 1. The standard InChI is InChI=1S/C28H30F3N3O7/c1-33-24-23(26(36)34(27(33)37)11-13-39-14-12-35)10-9-19(15-18-5-3-6-20(16-18)38-2)25(32-24)40-21-7-4-8-22(17-21)41-28(29,30)31/h3-8,16-17,19,35H,9-15H2,1-2H3. The Morgan fingerprint density at radius 3 is 2.51 bits per heavy atom. The maximum absolute atomic E-state index is 13.4. The Hall–Kier alpha value is -4.10. The lowest BCUT2D eigenvalue weighted by Gasteiger charge is -2.19. The van der Waals surface area contributed by atoms with E-state index in [4.69, 9.17) is 19.3 Å². The number of alkyl halides is 3. The number of aliphatic hydroxyl groups excluding tert-OH is 1. The van der Waals surface area contributed by atoms with Gasteiger partial charge in [0.05, 0.1) is 39.0 Å². The van der Waals surface area contributed by atoms with Crippen molar-refractivity contribution in [2.75, 3.05) is 26.9 Å². The summed E-state index contributed by atoms with van der Waals surface area (Å²) in [6.07, 6.45) is -3.80. The topological polar surface area (TPSA) is 114 Å². The number of fused-ring (bicyclic) bond motifs is 1. The summed E-state index contributed by atoms with van der Waals surface area (Å²) >= 11 is 0. The summed E-state index contributed by atoms with van der Waals surface area (Å²) in [4.78, 5) is 31.1. The zero-order valence-corrected chi connectivity index (χ0v) is 22.5. The van der Waals surface area contributed by atoms with Crippen LogP contribution in [0, 0.1) is 5.92 Å². The van der Waals surface area contributed by atoms with E-state index in [0.717, 1.165) is 22.3 Å². The van der Waals surface area contributed by atoms with Crippen LogP contribution in [-0.2, 0) is 31.2 Å². The number of aromatic nitrogens is 2. The van der Waals surface area contributed by atoms with Gasteiger partial charge in [-0.05, 0) is 49.1 Å². The Bertz CT molecular complexity index is 1510. The second-order valence-electron chi connectivity index (χ2n) is 9.30. The molecule has 1 unspecified atom stereocenters. The van der Waals surface area contributed by atoms with Gasteiger partial charge in [-0.3, -0.25) is 13.9 Å². The molecule has 3 aromatic rings. The summed E-state index contributed by atoms with van der Waals surface area (Å²) in [6.45, 7) is -0.0628. The van der Waals surface area contributed by atoms with Gasteiger partial charge in [0.1, 0.15) is 23.1 Å². The lowest BCUT2D eigenvalue weighted by Crippen LogP contribution is -2.41. The molecule has 1 atom stereocenters. The van der Waals surface area contributed by atoms with Gasteiger partial charge in [0.25, 0.3) is 5.56 Å². The van der Waals surface area contributed by atoms with Crippen molar-refractivity contribution in [2.24, 2.45) is 18.0 Å². The highest BCUT2D eigenvalue weighted by atomic mass is 19.4. The van der Waals surface area contributed by atoms with Gasteiger partial charge < -0.3 is 24.1 Å². The van der Waals surface area contributed by atoms with Gasteiger partial charge in [0.15, 0.2) is 5.90 Å². The molecule has 2 aromatic carbocycles. The zero-order valence-electron chi connectivity index (χ0n) is 22.5. The molecule has 0 spiro atoms. The van der Waals surface area contributed by atoms with Crippen LogP contribution >= 0.6 is 0 Å². The quantitative estimate of drug-likeness (QED) is 0.368. The third-order valence-electron chi connectivity index (χ3n) is 6.49. The van der Waals surface area contributed by atoms with E-state index >= 15 is 0 Å². The molecule has 220 valence electrons. The van der Waals surface area contributed by atoms with E-state index in [9.17, 15) is 22.8 Å². The highest BCUT2D eigenvalue weighted by molar-refractivity contribution is 5.84. The first kappa shape index (κ1) is 29.9. The summed E-state index contributed by atoms with van der Waals surface area (Å²) in [5, 5.41) is 8.91. The minimum absolute atomic E-state index is 0.00884. The molecule has 4 rings (SSSR count). The lowest BCUT2D eigenvalue weighted by atomic mass is 9.93. The molecule has 10 nitrogen and oxygen atoms in total. The molecule has 1 N–H and O–H groups in total. The molecule has 1 aromatic heterocycles. The molecule has 0 aliphatic carbocycles. The Morgan fingerprint density at radius 2 is 1.78 bits per heavy atom. The average molecular weight is 578 g/mol. The smallest absolute Gasteiger partial charge is 0.497 e. The second-order valence-corrected chi connectivity index (χ2v) is 9.30. The van der Waals surface area contributed by atoms with Crippen LogP contribution < -0.4 is 25.5 Å². The first-order valence-electron chi connectivity index (χ1n) is 12.9.